The largest absolute Gasteiger partial charge is 1.00 e. The Morgan fingerprint density at radius 2 is 1.58 bits per heavy atom. The number of hydrogen-bond donors (Lipinski definition) is 1. The fourth-order valence-corrected chi connectivity index (χ4v) is 7.56. The summed E-state index contributed by atoms with van der Waals surface area (Å²) in [5.74, 6) is 1.09. The van der Waals surface area contributed by atoms with Crippen LogP contribution in [0.3, 0.4) is 0 Å². The van der Waals surface area contributed by atoms with Crippen molar-refractivity contribution in [1.82, 2.24) is 4.98 Å². The Hall–Kier alpha value is -3.24. The average Bonchev–Trinajstić information content (AvgIpc) is 2.96. The number of pyridine rings is 1. The molecule has 4 aromatic carbocycles. The van der Waals surface area contributed by atoms with E-state index < -0.39 is 6.10 Å². The van der Waals surface area contributed by atoms with Gasteiger partial charge in [0, 0.05) is 35.9 Å². The summed E-state index contributed by atoms with van der Waals surface area (Å²) in [5.41, 5.74) is 3.37. The molecule has 5 aromatic rings. The van der Waals surface area contributed by atoms with Gasteiger partial charge in [-0.05, 0) is 51.2 Å². The van der Waals surface area contributed by atoms with Crippen LogP contribution in [-0.4, -0.2) is 33.7 Å². The third kappa shape index (κ3) is 3.92. The van der Waals surface area contributed by atoms with Gasteiger partial charge in [-0.25, -0.2) is 0 Å². The van der Waals surface area contributed by atoms with Crippen LogP contribution in [0.2, 0.25) is 0 Å². The topological polar surface area (TPSA) is 33.1 Å². The molecule has 0 amide bonds. The molecule has 38 heavy (non-hydrogen) atoms. The highest BCUT2D eigenvalue weighted by Crippen LogP contribution is 2.49. The summed E-state index contributed by atoms with van der Waals surface area (Å²) in [5, 5.41) is 18.4. The number of para-hydroxylation sites is 1. The fraction of sp³-hybridized carbons (Fsp3) is 0.265. The van der Waals surface area contributed by atoms with E-state index in [1.165, 1.54) is 33.5 Å². The van der Waals surface area contributed by atoms with Crippen molar-refractivity contribution in [3.63, 3.8) is 0 Å². The van der Waals surface area contributed by atoms with E-state index in [-0.39, 0.29) is 18.4 Å². The van der Waals surface area contributed by atoms with Crippen LogP contribution in [0.15, 0.2) is 104 Å². The van der Waals surface area contributed by atoms with E-state index in [0.29, 0.717) is 11.8 Å². The average molecular weight is 521 g/mol. The van der Waals surface area contributed by atoms with Crippen molar-refractivity contribution in [2.24, 2.45) is 11.8 Å². The Kier molecular flexibility index (Phi) is 6.47. The van der Waals surface area contributed by atoms with Gasteiger partial charge in [-0.1, -0.05) is 72.8 Å². The zero-order valence-electron chi connectivity index (χ0n) is 21.5. The smallest absolute Gasteiger partial charge is 0.131 e. The SMILES string of the molecule is C=CC1C[N@@+]2(Cc3c4ccccc4cc4ccccc34)CCC1C[C@H]2[C@H](O)c1ccnc2ccccc12.[Cl-]. The molecule has 1 N–H and O–H groups in total. The molecular weight excluding hydrogens is 488 g/mol. The highest BCUT2D eigenvalue weighted by Gasteiger charge is 2.54. The van der Waals surface area contributed by atoms with Gasteiger partial charge in [0.25, 0.3) is 0 Å². The summed E-state index contributed by atoms with van der Waals surface area (Å²) < 4.78 is 0.906. The maximum atomic E-state index is 12.1. The standard InChI is InChI=1S/C34H33N2O.ClH/c1-2-23-21-36(22-31-27-11-5-3-9-25(27)19-26-10-4-6-12-28(26)31)18-16-24(23)20-33(36)34(37)30-15-17-35-32-14-8-7-13-29(30)32;/h2-15,17,19,23-24,33-34,37H,1,16,18,20-22H2;1H/q+1;/p-1/t23?,24?,33-,34+,36+;/m0./s1. The van der Waals surface area contributed by atoms with Crippen LogP contribution < -0.4 is 12.4 Å². The van der Waals surface area contributed by atoms with E-state index in [1.807, 2.05) is 30.5 Å². The number of benzene rings is 4. The molecule has 3 nitrogen and oxygen atoms in total. The summed E-state index contributed by atoms with van der Waals surface area (Å²) >= 11 is 0. The molecule has 3 fully saturated rings. The normalized spacial score (nSPS) is 25.3. The van der Waals surface area contributed by atoms with Gasteiger partial charge in [0.05, 0.1) is 18.6 Å². The number of aromatic nitrogens is 1. The van der Waals surface area contributed by atoms with Crippen LogP contribution in [0.5, 0.6) is 0 Å². The van der Waals surface area contributed by atoms with Crippen molar-refractivity contribution in [1.29, 1.82) is 0 Å². The highest BCUT2D eigenvalue weighted by molar-refractivity contribution is 6.02. The summed E-state index contributed by atoms with van der Waals surface area (Å²) in [4.78, 5) is 4.57. The Bertz CT molecular complexity index is 1590. The van der Waals surface area contributed by atoms with Crippen LogP contribution in [0.4, 0.5) is 0 Å². The fourth-order valence-electron chi connectivity index (χ4n) is 7.56. The molecule has 5 atom stereocenters. The molecule has 3 saturated heterocycles. The van der Waals surface area contributed by atoms with Gasteiger partial charge in [0.2, 0.25) is 0 Å². The molecule has 0 spiro atoms. The highest BCUT2D eigenvalue weighted by atomic mass is 35.5. The number of aliphatic hydroxyl groups excluding tert-OH is 1. The summed E-state index contributed by atoms with van der Waals surface area (Å²) in [7, 11) is 0. The van der Waals surface area contributed by atoms with Gasteiger partial charge in [-0.15, -0.1) is 6.58 Å². The van der Waals surface area contributed by atoms with Gasteiger partial charge in [-0.2, -0.15) is 0 Å². The lowest BCUT2D eigenvalue weighted by Gasteiger charge is -2.58. The summed E-state index contributed by atoms with van der Waals surface area (Å²) in [6.45, 7) is 7.28. The molecule has 192 valence electrons. The first-order chi connectivity index (χ1) is 18.2. The van der Waals surface area contributed by atoms with Gasteiger partial charge < -0.3 is 22.0 Å². The van der Waals surface area contributed by atoms with E-state index in [1.54, 1.807) is 0 Å². The second-order valence-electron chi connectivity index (χ2n) is 11.2. The Morgan fingerprint density at radius 3 is 2.29 bits per heavy atom. The molecule has 2 unspecified atom stereocenters. The number of halogens is 1. The van der Waals surface area contributed by atoms with Crippen molar-refractivity contribution in [3.8, 4) is 0 Å². The number of aliphatic hydroxyl groups is 1. The predicted molar refractivity (Wildman–Crippen MR) is 152 cm³/mol. The minimum atomic E-state index is -0.539. The van der Waals surface area contributed by atoms with Crippen molar-refractivity contribution in [2.75, 3.05) is 13.1 Å². The van der Waals surface area contributed by atoms with Crippen LogP contribution in [-0.2, 0) is 6.54 Å². The monoisotopic (exact) mass is 520 g/mol. The minimum absolute atomic E-state index is 0. The van der Waals surface area contributed by atoms with E-state index >= 15 is 0 Å². The van der Waals surface area contributed by atoms with Gasteiger partial charge in [0.1, 0.15) is 18.7 Å². The van der Waals surface area contributed by atoms with Crippen molar-refractivity contribution >= 4 is 32.4 Å². The molecule has 0 radical (unpaired) electrons. The molecule has 3 aliphatic heterocycles. The number of hydrogen-bond acceptors (Lipinski definition) is 2. The first-order valence-electron chi connectivity index (χ1n) is 13.6. The molecule has 0 aliphatic carbocycles. The Balaban J connectivity index is 0.00000264. The van der Waals surface area contributed by atoms with Crippen LogP contribution in [0.25, 0.3) is 32.4 Å². The lowest BCUT2D eigenvalue weighted by atomic mass is 9.71. The first-order valence-corrected chi connectivity index (χ1v) is 13.6. The van der Waals surface area contributed by atoms with Crippen LogP contribution in [0, 0.1) is 11.8 Å². The van der Waals surface area contributed by atoms with Crippen LogP contribution in [0.1, 0.15) is 30.1 Å². The Morgan fingerprint density at radius 1 is 0.921 bits per heavy atom. The number of fused-ring (bicyclic) bond motifs is 6. The van der Waals surface area contributed by atoms with Crippen LogP contribution >= 0.6 is 0 Å². The van der Waals surface area contributed by atoms with Crippen molar-refractivity contribution in [3.05, 3.63) is 115 Å². The number of nitrogens with zero attached hydrogens (tertiary/aromatic N) is 2. The number of piperidine rings is 3. The molecule has 2 bridgehead atoms. The second kappa shape index (κ2) is 9.81. The van der Waals surface area contributed by atoms with Gasteiger partial charge >= 0.3 is 0 Å². The third-order valence-electron chi connectivity index (χ3n) is 9.40. The predicted octanol–water partition coefficient (Wildman–Crippen LogP) is 4.19. The maximum absolute atomic E-state index is 12.1. The zero-order valence-corrected chi connectivity index (χ0v) is 22.3. The van der Waals surface area contributed by atoms with Crippen molar-refractivity contribution in [2.45, 2.75) is 31.5 Å². The molecular formula is C34H33ClN2O. The van der Waals surface area contributed by atoms with E-state index in [4.69, 9.17) is 0 Å². The molecule has 1 aromatic heterocycles. The molecule has 0 saturated carbocycles. The molecule has 4 heteroatoms. The second-order valence-corrected chi connectivity index (χ2v) is 11.2. The third-order valence-corrected chi connectivity index (χ3v) is 9.40. The van der Waals surface area contributed by atoms with E-state index in [2.05, 4.69) is 78.3 Å². The zero-order chi connectivity index (χ0) is 25.0. The summed E-state index contributed by atoms with van der Waals surface area (Å²) in [6, 6.07) is 30.3. The molecule has 8 rings (SSSR count). The lowest BCUT2D eigenvalue weighted by molar-refractivity contribution is -0.984. The quantitative estimate of drug-likeness (QED) is 0.214. The first kappa shape index (κ1) is 25.1. The lowest BCUT2D eigenvalue weighted by Crippen LogP contribution is -3.00. The van der Waals surface area contributed by atoms with Gasteiger partial charge in [0.15, 0.2) is 0 Å². The van der Waals surface area contributed by atoms with E-state index in [9.17, 15) is 5.11 Å². The minimum Gasteiger partial charge on any atom is -1.00 e. The maximum Gasteiger partial charge on any atom is 0.131 e. The van der Waals surface area contributed by atoms with Gasteiger partial charge in [-0.3, -0.25) is 4.98 Å². The van der Waals surface area contributed by atoms with E-state index in [0.717, 1.165) is 47.0 Å². The summed E-state index contributed by atoms with van der Waals surface area (Å²) in [6.07, 6.45) is 5.72. The molecule has 4 heterocycles. The molecule has 3 aliphatic rings. The number of quaternary nitrogens is 1. The number of rotatable bonds is 5. The van der Waals surface area contributed by atoms with Crippen molar-refractivity contribution < 1.29 is 22.0 Å². The Labute approximate surface area is 230 Å².